The fourth-order valence-corrected chi connectivity index (χ4v) is 6.07. The Kier molecular flexibility index (Phi) is 8.19. The number of carbonyl (C=O) groups is 2. The lowest BCUT2D eigenvalue weighted by Crippen LogP contribution is -2.52. The van der Waals surface area contributed by atoms with E-state index in [0.29, 0.717) is 25.8 Å². The highest BCUT2D eigenvalue weighted by Crippen LogP contribution is 2.24. The van der Waals surface area contributed by atoms with Crippen LogP contribution in [0.4, 0.5) is 0 Å². The van der Waals surface area contributed by atoms with Crippen LogP contribution >= 0.6 is 11.8 Å². The van der Waals surface area contributed by atoms with E-state index in [1.165, 1.54) is 4.31 Å². The summed E-state index contributed by atoms with van der Waals surface area (Å²) in [4.78, 5) is 27.9. The van der Waals surface area contributed by atoms with Crippen molar-refractivity contribution in [1.29, 1.82) is 0 Å². The van der Waals surface area contributed by atoms with Gasteiger partial charge in [0.1, 0.15) is 6.04 Å². The van der Waals surface area contributed by atoms with Crippen LogP contribution in [0.2, 0.25) is 0 Å². The molecule has 0 spiro atoms. The molecule has 2 atom stereocenters. The van der Waals surface area contributed by atoms with Crippen LogP contribution in [0.3, 0.4) is 0 Å². The van der Waals surface area contributed by atoms with E-state index < -0.39 is 22.0 Å². The van der Waals surface area contributed by atoms with Crippen LogP contribution < -0.4 is 5.32 Å². The van der Waals surface area contributed by atoms with Gasteiger partial charge in [-0.05, 0) is 56.2 Å². The maximum absolute atomic E-state index is 13.0. The van der Waals surface area contributed by atoms with Gasteiger partial charge in [-0.3, -0.25) is 9.59 Å². The minimum Gasteiger partial charge on any atom is -0.344 e. The summed E-state index contributed by atoms with van der Waals surface area (Å²) in [6.07, 6.45) is 5.82. The van der Waals surface area contributed by atoms with Crippen molar-refractivity contribution in [3.63, 3.8) is 0 Å². The molecule has 9 heteroatoms. The molecule has 1 aromatic rings. The molecule has 2 fully saturated rings. The molecule has 0 aromatic heterocycles. The Morgan fingerprint density at radius 3 is 2.50 bits per heavy atom. The molecular formula is C21H31N3O4S2. The summed E-state index contributed by atoms with van der Waals surface area (Å²) in [5, 5.41) is 2.95. The van der Waals surface area contributed by atoms with Gasteiger partial charge in [-0.1, -0.05) is 18.2 Å². The van der Waals surface area contributed by atoms with Crippen molar-refractivity contribution in [3.8, 4) is 0 Å². The molecule has 2 heterocycles. The Balaban J connectivity index is 1.66. The normalized spacial score (nSPS) is 21.4. The lowest BCUT2D eigenvalue weighted by molar-refractivity contribution is -0.137. The number of hydrogen-bond donors (Lipinski definition) is 1. The SMILES string of the molecule is CSCC[C@H](NC(=O)C1CCCN(S(=O)(=O)c2ccccc2)C1)C(=O)N1CCCC1. The third kappa shape index (κ3) is 5.56. The number of thioether (sulfide) groups is 1. The number of nitrogens with zero attached hydrogens (tertiary/aromatic N) is 2. The average Bonchev–Trinajstić information content (AvgIpc) is 3.31. The van der Waals surface area contributed by atoms with Gasteiger partial charge in [0.25, 0.3) is 0 Å². The molecule has 2 aliphatic rings. The summed E-state index contributed by atoms with van der Waals surface area (Å²) in [6, 6.07) is 7.78. The molecule has 166 valence electrons. The summed E-state index contributed by atoms with van der Waals surface area (Å²) >= 11 is 1.64. The van der Waals surface area contributed by atoms with Gasteiger partial charge in [-0.2, -0.15) is 16.1 Å². The molecule has 7 nitrogen and oxygen atoms in total. The van der Waals surface area contributed by atoms with Crippen molar-refractivity contribution in [2.75, 3.05) is 38.2 Å². The first-order chi connectivity index (χ1) is 14.4. The zero-order valence-corrected chi connectivity index (χ0v) is 19.1. The maximum Gasteiger partial charge on any atom is 0.245 e. The monoisotopic (exact) mass is 453 g/mol. The van der Waals surface area contributed by atoms with Crippen molar-refractivity contribution in [2.24, 2.45) is 5.92 Å². The van der Waals surface area contributed by atoms with Crippen molar-refractivity contribution in [2.45, 2.75) is 43.0 Å². The van der Waals surface area contributed by atoms with E-state index in [-0.39, 0.29) is 23.3 Å². The Hall–Kier alpha value is -1.58. The quantitative estimate of drug-likeness (QED) is 0.650. The zero-order chi connectivity index (χ0) is 21.6. The molecule has 1 N–H and O–H groups in total. The summed E-state index contributed by atoms with van der Waals surface area (Å²) < 4.78 is 27.3. The molecule has 3 rings (SSSR count). The number of rotatable bonds is 8. The second kappa shape index (κ2) is 10.6. The molecule has 0 radical (unpaired) electrons. The number of likely N-dealkylation sites (tertiary alicyclic amines) is 1. The summed E-state index contributed by atoms with van der Waals surface area (Å²) in [5.74, 6) is 0.102. The molecule has 0 bridgehead atoms. The number of piperidine rings is 1. The first-order valence-corrected chi connectivity index (χ1v) is 13.4. The third-order valence-electron chi connectivity index (χ3n) is 5.78. The number of carbonyl (C=O) groups excluding carboxylic acids is 2. The van der Waals surface area contributed by atoms with Gasteiger partial charge in [-0.15, -0.1) is 0 Å². The molecule has 0 aliphatic carbocycles. The van der Waals surface area contributed by atoms with E-state index in [2.05, 4.69) is 5.32 Å². The largest absolute Gasteiger partial charge is 0.344 e. The van der Waals surface area contributed by atoms with Crippen LogP contribution in [0.5, 0.6) is 0 Å². The summed E-state index contributed by atoms with van der Waals surface area (Å²) in [6.45, 7) is 2.05. The molecule has 1 unspecified atom stereocenters. The van der Waals surface area contributed by atoms with E-state index >= 15 is 0 Å². The first-order valence-electron chi connectivity index (χ1n) is 10.6. The van der Waals surface area contributed by atoms with Crippen molar-refractivity contribution in [1.82, 2.24) is 14.5 Å². The second-order valence-electron chi connectivity index (χ2n) is 7.89. The molecule has 30 heavy (non-hydrogen) atoms. The van der Waals surface area contributed by atoms with Crippen molar-refractivity contribution >= 4 is 33.6 Å². The number of amides is 2. The van der Waals surface area contributed by atoms with Gasteiger partial charge in [0.05, 0.1) is 10.8 Å². The van der Waals surface area contributed by atoms with E-state index in [1.54, 1.807) is 42.1 Å². The van der Waals surface area contributed by atoms with E-state index in [0.717, 1.165) is 31.7 Å². The highest BCUT2D eigenvalue weighted by atomic mass is 32.2. The lowest BCUT2D eigenvalue weighted by atomic mass is 9.98. The predicted molar refractivity (Wildman–Crippen MR) is 119 cm³/mol. The molecule has 0 saturated carbocycles. The van der Waals surface area contributed by atoms with Gasteiger partial charge in [0.2, 0.25) is 21.8 Å². The molecule has 2 aliphatic heterocycles. The molecule has 2 saturated heterocycles. The lowest BCUT2D eigenvalue weighted by Gasteiger charge is -2.32. The van der Waals surface area contributed by atoms with Gasteiger partial charge in [-0.25, -0.2) is 8.42 Å². The van der Waals surface area contributed by atoms with Crippen LogP contribution in [0.1, 0.15) is 32.1 Å². The summed E-state index contributed by atoms with van der Waals surface area (Å²) in [5.41, 5.74) is 0. The topological polar surface area (TPSA) is 86.8 Å². The van der Waals surface area contributed by atoms with Crippen molar-refractivity contribution in [3.05, 3.63) is 30.3 Å². The van der Waals surface area contributed by atoms with Gasteiger partial charge >= 0.3 is 0 Å². The zero-order valence-electron chi connectivity index (χ0n) is 17.5. The van der Waals surface area contributed by atoms with Gasteiger partial charge < -0.3 is 10.2 Å². The number of hydrogen-bond acceptors (Lipinski definition) is 5. The second-order valence-corrected chi connectivity index (χ2v) is 10.8. The predicted octanol–water partition coefficient (Wildman–Crippen LogP) is 1.95. The number of sulfonamides is 1. The average molecular weight is 454 g/mol. The van der Waals surface area contributed by atoms with Crippen LogP contribution in [-0.2, 0) is 19.6 Å². The fourth-order valence-electron chi connectivity index (χ4n) is 4.06. The molecule has 2 amide bonds. The Morgan fingerprint density at radius 1 is 1.13 bits per heavy atom. The fraction of sp³-hybridized carbons (Fsp3) is 0.619. The van der Waals surface area contributed by atoms with E-state index in [9.17, 15) is 18.0 Å². The Labute approximate surface area is 183 Å². The van der Waals surface area contributed by atoms with E-state index in [1.807, 2.05) is 11.2 Å². The third-order valence-corrected chi connectivity index (χ3v) is 8.30. The minimum absolute atomic E-state index is 0.0144. The van der Waals surface area contributed by atoms with Gasteiger partial charge in [0, 0.05) is 26.2 Å². The van der Waals surface area contributed by atoms with E-state index in [4.69, 9.17) is 0 Å². The van der Waals surface area contributed by atoms with Crippen molar-refractivity contribution < 1.29 is 18.0 Å². The van der Waals surface area contributed by atoms with Crippen LogP contribution in [0, 0.1) is 5.92 Å². The standard InChI is InChI=1S/C21H31N3O4S2/c1-29-15-11-19(21(26)23-12-5-6-13-23)22-20(25)17-8-7-14-24(16-17)30(27,28)18-9-3-2-4-10-18/h2-4,9-10,17,19H,5-8,11-16H2,1H3,(H,22,25)/t17?,19-/m0/s1. The molecular weight excluding hydrogens is 422 g/mol. The highest BCUT2D eigenvalue weighted by Gasteiger charge is 2.35. The number of nitrogens with one attached hydrogen (secondary N) is 1. The smallest absolute Gasteiger partial charge is 0.245 e. The van der Waals surface area contributed by atoms with Crippen LogP contribution in [-0.4, -0.2) is 73.7 Å². The Bertz CT molecular complexity index is 826. The van der Waals surface area contributed by atoms with Gasteiger partial charge in [0.15, 0.2) is 0 Å². The number of benzene rings is 1. The summed E-state index contributed by atoms with van der Waals surface area (Å²) in [7, 11) is -3.63. The van der Waals surface area contributed by atoms with Crippen LogP contribution in [0.15, 0.2) is 35.2 Å². The maximum atomic E-state index is 13.0. The minimum atomic E-state index is -3.63. The highest BCUT2D eigenvalue weighted by molar-refractivity contribution is 7.98. The Morgan fingerprint density at radius 2 is 1.83 bits per heavy atom. The van der Waals surface area contributed by atoms with Crippen LogP contribution in [0.25, 0.3) is 0 Å². The molecule has 1 aromatic carbocycles. The first kappa shape index (κ1) is 23.1.